The van der Waals surface area contributed by atoms with Gasteiger partial charge in [0.1, 0.15) is 17.1 Å². The topological polar surface area (TPSA) is 31.5 Å². The van der Waals surface area contributed by atoms with Gasteiger partial charge in [0, 0.05) is 56.3 Å². The summed E-state index contributed by atoms with van der Waals surface area (Å²) >= 11 is 0. The molecule has 0 unspecified atom stereocenters. The molecule has 5 aromatic carbocycles. The minimum Gasteiger partial charge on any atom is -0.457 e. The second kappa shape index (κ2) is 7.59. The summed E-state index contributed by atoms with van der Waals surface area (Å²) in [6.45, 7) is 0. The van der Waals surface area contributed by atoms with Crippen molar-refractivity contribution in [3.8, 4) is 17.2 Å². The van der Waals surface area contributed by atoms with E-state index in [0.29, 0.717) is 0 Å². The molecule has 4 aromatic heterocycles. The van der Waals surface area contributed by atoms with Crippen LogP contribution in [-0.2, 0) is 0 Å². The highest BCUT2D eigenvalue weighted by atomic mass is 16.5. The number of aromatic nitrogens is 3. The van der Waals surface area contributed by atoms with Gasteiger partial charge in [0.05, 0.1) is 22.1 Å². The predicted octanol–water partition coefficient (Wildman–Crippen LogP) is 9.12. The molecule has 0 N–H and O–H groups in total. The van der Waals surface area contributed by atoms with Crippen LogP contribution in [0.25, 0.3) is 65.7 Å². The van der Waals surface area contributed by atoms with E-state index >= 15 is 0 Å². The van der Waals surface area contributed by atoms with Crippen molar-refractivity contribution in [3.05, 3.63) is 128 Å². The van der Waals surface area contributed by atoms with E-state index in [4.69, 9.17) is 9.72 Å². The maximum Gasteiger partial charge on any atom is 0.145 e. The van der Waals surface area contributed by atoms with Crippen molar-refractivity contribution in [1.29, 1.82) is 0 Å². The van der Waals surface area contributed by atoms with Gasteiger partial charge in [-0.25, -0.2) is 4.98 Å². The minimum absolute atomic E-state index is 0.800. The quantitative estimate of drug-likeness (QED) is 0.243. The van der Waals surface area contributed by atoms with Crippen molar-refractivity contribution in [3.63, 3.8) is 0 Å². The van der Waals surface area contributed by atoms with E-state index in [1.807, 2.05) is 12.3 Å². The number of hydrogen-bond acceptors (Lipinski definition) is 2. The maximum atomic E-state index is 6.53. The summed E-state index contributed by atoms with van der Waals surface area (Å²) in [6.07, 6.45) is 1.86. The molecule has 9 rings (SSSR count). The fraction of sp³-hybridized carbons (Fsp3) is 0. The van der Waals surface area contributed by atoms with Gasteiger partial charge in [-0.3, -0.25) is 4.40 Å². The molecule has 4 nitrogen and oxygen atoms in total. The zero-order valence-electron chi connectivity index (χ0n) is 20.9. The lowest BCUT2D eigenvalue weighted by molar-refractivity contribution is 0.484. The minimum atomic E-state index is 0.800. The number of nitrogens with zero attached hydrogens (tertiary/aromatic N) is 3. The lowest BCUT2D eigenvalue weighted by atomic mass is 10.1. The molecule has 4 heterocycles. The molecule has 39 heavy (non-hydrogen) atoms. The Kier molecular flexibility index (Phi) is 4.02. The van der Waals surface area contributed by atoms with E-state index in [1.165, 1.54) is 43.4 Å². The lowest BCUT2D eigenvalue weighted by Crippen LogP contribution is -1.93. The van der Waals surface area contributed by atoms with Gasteiger partial charge in [-0.15, -0.1) is 0 Å². The summed E-state index contributed by atoms with van der Waals surface area (Å²) in [5.74, 6) is 1.60. The standard InChI is InChI=1S/C35H21N3O/c1-2-8-22(9-3-1)37-31-14-5-4-10-25(31)26-17-15-23(20-32(26)37)39-24-16-18-27-28-11-6-12-29-30-13-7-19-36-35(30)38(34(28)29)33(27)21-24/h1-21H. The first-order chi connectivity index (χ1) is 19.3. The highest BCUT2D eigenvalue weighted by molar-refractivity contribution is 6.22. The van der Waals surface area contributed by atoms with E-state index < -0.39 is 0 Å². The van der Waals surface area contributed by atoms with Crippen molar-refractivity contribution in [2.45, 2.75) is 0 Å². The molecule has 0 saturated heterocycles. The molecule has 0 saturated carbocycles. The van der Waals surface area contributed by atoms with Crippen LogP contribution in [0.1, 0.15) is 0 Å². The fourth-order valence-electron chi connectivity index (χ4n) is 6.34. The Labute approximate surface area is 223 Å². The van der Waals surface area contributed by atoms with Crippen molar-refractivity contribution < 1.29 is 4.74 Å². The molecular formula is C35H21N3O. The Bertz CT molecular complexity index is 2360. The highest BCUT2D eigenvalue weighted by Crippen LogP contribution is 2.40. The molecule has 9 aromatic rings. The third-order valence-electron chi connectivity index (χ3n) is 7.94. The van der Waals surface area contributed by atoms with Gasteiger partial charge in [0.25, 0.3) is 0 Å². The van der Waals surface area contributed by atoms with E-state index in [0.717, 1.165) is 33.9 Å². The van der Waals surface area contributed by atoms with Crippen LogP contribution in [0.3, 0.4) is 0 Å². The molecular weight excluding hydrogens is 478 g/mol. The van der Waals surface area contributed by atoms with Gasteiger partial charge in [-0.05, 0) is 54.6 Å². The second-order valence-corrected chi connectivity index (χ2v) is 10.1. The van der Waals surface area contributed by atoms with Crippen LogP contribution in [0, 0.1) is 0 Å². The molecule has 0 aliphatic carbocycles. The van der Waals surface area contributed by atoms with Gasteiger partial charge in [-0.2, -0.15) is 0 Å². The van der Waals surface area contributed by atoms with Crippen molar-refractivity contribution in [2.75, 3.05) is 0 Å². The first-order valence-electron chi connectivity index (χ1n) is 13.1. The van der Waals surface area contributed by atoms with Gasteiger partial charge in [-0.1, -0.05) is 54.6 Å². The number of benzene rings is 5. The predicted molar refractivity (Wildman–Crippen MR) is 160 cm³/mol. The summed E-state index contributed by atoms with van der Waals surface area (Å²) in [5, 5.41) is 7.28. The lowest BCUT2D eigenvalue weighted by Gasteiger charge is -2.10. The van der Waals surface area contributed by atoms with Crippen LogP contribution < -0.4 is 4.74 Å². The van der Waals surface area contributed by atoms with Crippen LogP contribution in [0.15, 0.2) is 128 Å². The van der Waals surface area contributed by atoms with Crippen LogP contribution in [-0.4, -0.2) is 14.0 Å². The van der Waals surface area contributed by atoms with Crippen molar-refractivity contribution >= 4 is 60.0 Å². The Morgan fingerprint density at radius 3 is 1.97 bits per heavy atom. The fourth-order valence-corrected chi connectivity index (χ4v) is 6.34. The average Bonchev–Trinajstić information content (AvgIpc) is 3.62. The van der Waals surface area contributed by atoms with Crippen LogP contribution >= 0.6 is 0 Å². The molecule has 0 spiro atoms. The number of hydrogen-bond donors (Lipinski definition) is 0. The number of para-hydroxylation sites is 3. The summed E-state index contributed by atoms with van der Waals surface area (Å²) in [6, 6.07) is 42.5. The van der Waals surface area contributed by atoms with Crippen molar-refractivity contribution in [1.82, 2.24) is 14.0 Å². The van der Waals surface area contributed by atoms with Gasteiger partial charge in [0.15, 0.2) is 0 Å². The summed E-state index contributed by atoms with van der Waals surface area (Å²) < 4.78 is 11.1. The van der Waals surface area contributed by atoms with Gasteiger partial charge < -0.3 is 9.30 Å². The molecule has 0 amide bonds. The smallest absolute Gasteiger partial charge is 0.145 e. The van der Waals surface area contributed by atoms with E-state index in [2.05, 4.69) is 124 Å². The Hall–Kier alpha value is -5.35. The highest BCUT2D eigenvalue weighted by Gasteiger charge is 2.18. The molecule has 182 valence electrons. The molecule has 0 radical (unpaired) electrons. The van der Waals surface area contributed by atoms with E-state index in [1.54, 1.807) is 0 Å². The summed E-state index contributed by atoms with van der Waals surface area (Å²) in [5.41, 5.74) is 6.73. The molecule has 4 heteroatoms. The van der Waals surface area contributed by atoms with Gasteiger partial charge >= 0.3 is 0 Å². The SMILES string of the molecule is c1ccc(-n2c3ccccc3c3ccc(Oc4ccc5c6cccc7c8cccnc8n(c5c4)c67)cc32)cc1. The van der Waals surface area contributed by atoms with E-state index in [9.17, 15) is 0 Å². The Morgan fingerprint density at radius 1 is 0.487 bits per heavy atom. The zero-order chi connectivity index (χ0) is 25.5. The summed E-state index contributed by atoms with van der Waals surface area (Å²) in [4.78, 5) is 4.75. The maximum absolute atomic E-state index is 6.53. The third kappa shape index (κ3) is 2.80. The number of fused-ring (bicyclic) bond motifs is 9. The first kappa shape index (κ1) is 20.7. The second-order valence-electron chi connectivity index (χ2n) is 10.1. The number of rotatable bonds is 3. The zero-order valence-corrected chi connectivity index (χ0v) is 20.9. The van der Waals surface area contributed by atoms with Gasteiger partial charge in [0.2, 0.25) is 0 Å². The van der Waals surface area contributed by atoms with Crippen LogP contribution in [0.5, 0.6) is 11.5 Å². The number of pyridine rings is 1. The Morgan fingerprint density at radius 2 is 1.13 bits per heavy atom. The van der Waals surface area contributed by atoms with Crippen LogP contribution in [0.2, 0.25) is 0 Å². The average molecular weight is 500 g/mol. The molecule has 0 aliphatic heterocycles. The normalized spacial score (nSPS) is 12.1. The monoisotopic (exact) mass is 499 g/mol. The van der Waals surface area contributed by atoms with Crippen LogP contribution in [0.4, 0.5) is 0 Å². The third-order valence-corrected chi connectivity index (χ3v) is 7.94. The van der Waals surface area contributed by atoms with Crippen molar-refractivity contribution in [2.24, 2.45) is 0 Å². The number of ether oxygens (including phenoxy) is 1. The molecule has 0 aliphatic rings. The molecule has 0 fully saturated rings. The Balaban J connectivity index is 1.24. The molecule has 0 atom stereocenters. The first-order valence-corrected chi connectivity index (χ1v) is 13.1. The largest absolute Gasteiger partial charge is 0.457 e. The van der Waals surface area contributed by atoms with E-state index in [-0.39, 0.29) is 0 Å². The molecule has 0 bridgehead atoms. The summed E-state index contributed by atoms with van der Waals surface area (Å²) in [7, 11) is 0.